The average molecular weight is 484 g/mol. The summed E-state index contributed by atoms with van der Waals surface area (Å²) >= 11 is 9.74. The van der Waals surface area contributed by atoms with Crippen LogP contribution in [0.2, 0.25) is 5.02 Å². The topological polar surface area (TPSA) is 33.7 Å². The zero-order valence-electron chi connectivity index (χ0n) is 17.6. The molecule has 0 radical (unpaired) electrons. The number of halogens is 2. The third-order valence-electron chi connectivity index (χ3n) is 4.73. The van der Waals surface area contributed by atoms with E-state index in [1.54, 1.807) is 0 Å². The maximum Gasteiger partial charge on any atom is 0.162 e. The van der Waals surface area contributed by atoms with Crippen molar-refractivity contribution in [2.75, 3.05) is 32.8 Å². The lowest BCUT2D eigenvalue weighted by Crippen LogP contribution is -2.27. The molecular formula is C23H32BrClN2O2. The van der Waals surface area contributed by atoms with Crippen molar-refractivity contribution in [3.05, 3.63) is 57.0 Å². The van der Waals surface area contributed by atoms with Gasteiger partial charge in [-0.15, -0.1) is 0 Å². The van der Waals surface area contributed by atoms with E-state index >= 15 is 0 Å². The molecule has 160 valence electrons. The highest BCUT2D eigenvalue weighted by Gasteiger charge is 2.11. The average Bonchev–Trinajstić information content (AvgIpc) is 2.71. The Morgan fingerprint density at radius 3 is 2.48 bits per heavy atom. The standard InChI is InChI=1S/C23H32BrClN2O2/c1-4-27(5-2)12-8-11-26-16-19-14-22(28-6-3)23(15-21(19)24)29-17-18-9-7-10-20(25)13-18/h7,9-10,13-15,26H,4-6,8,11-12,16-17H2,1-3H3. The lowest BCUT2D eigenvalue weighted by molar-refractivity contribution is 0.269. The van der Waals surface area contributed by atoms with Crippen LogP contribution >= 0.6 is 27.5 Å². The van der Waals surface area contributed by atoms with Crippen LogP contribution in [-0.4, -0.2) is 37.7 Å². The number of ether oxygens (including phenoxy) is 2. The molecule has 0 unspecified atom stereocenters. The quantitative estimate of drug-likeness (QED) is 0.360. The molecule has 0 aliphatic rings. The van der Waals surface area contributed by atoms with Gasteiger partial charge in [0, 0.05) is 16.0 Å². The summed E-state index contributed by atoms with van der Waals surface area (Å²) in [5.74, 6) is 1.49. The first-order valence-corrected chi connectivity index (χ1v) is 11.5. The summed E-state index contributed by atoms with van der Waals surface area (Å²) in [5.41, 5.74) is 2.18. The minimum atomic E-state index is 0.441. The molecular weight excluding hydrogens is 452 g/mol. The molecule has 2 aromatic carbocycles. The molecule has 1 N–H and O–H groups in total. The van der Waals surface area contributed by atoms with Crippen LogP contribution in [0.25, 0.3) is 0 Å². The second-order valence-electron chi connectivity index (χ2n) is 6.80. The summed E-state index contributed by atoms with van der Waals surface area (Å²) in [6.07, 6.45) is 1.14. The summed E-state index contributed by atoms with van der Waals surface area (Å²) in [7, 11) is 0. The molecule has 0 fully saturated rings. The zero-order chi connectivity index (χ0) is 21.1. The first-order valence-electron chi connectivity index (χ1n) is 10.3. The lowest BCUT2D eigenvalue weighted by atomic mass is 10.2. The van der Waals surface area contributed by atoms with Crippen molar-refractivity contribution in [1.82, 2.24) is 10.2 Å². The van der Waals surface area contributed by atoms with Gasteiger partial charge in [-0.1, -0.05) is 53.5 Å². The first kappa shape index (κ1) is 24.0. The minimum absolute atomic E-state index is 0.441. The number of nitrogens with one attached hydrogen (secondary N) is 1. The van der Waals surface area contributed by atoms with Gasteiger partial charge in [-0.25, -0.2) is 0 Å². The normalized spacial score (nSPS) is 11.1. The Hall–Kier alpha value is -1.27. The van der Waals surface area contributed by atoms with Gasteiger partial charge in [0.05, 0.1) is 6.61 Å². The van der Waals surface area contributed by atoms with E-state index in [9.17, 15) is 0 Å². The third-order valence-corrected chi connectivity index (χ3v) is 5.71. The van der Waals surface area contributed by atoms with Crippen LogP contribution in [0.3, 0.4) is 0 Å². The van der Waals surface area contributed by atoms with Crippen molar-refractivity contribution < 1.29 is 9.47 Å². The summed E-state index contributed by atoms with van der Waals surface area (Å²) in [4.78, 5) is 2.44. The molecule has 6 heteroatoms. The van der Waals surface area contributed by atoms with E-state index in [1.807, 2.05) is 37.3 Å². The molecule has 29 heavy (non-hydrogen) atoms. The Balaban J connectivity index is 1.95. The fourth-order valence-corrected chi connectivity index (χ4v) is 3.75. The third kappa shape index (κ3) is 8.17. The Kier molecular flexibility index (Phi) is 10.9. The first-order chi connectivity index (χ1) is 14.1. The Bertz CT molecular complexity index is 754. The van der Waals surface area contributed by atoms with Gasteiger partial charge in [0.2, 0.25) is 0 Å². The lowest BCUT2D eigenvalue weighted by Gasteiger charge is -2.18. The van der Waals surface area contributed by atoms with Crippen LogP contribution in [0.4, 0.5) is 0 Å². The van der Waals surface area contributed by atoms with Gasteiger partial charge in [0.15, 0.2) is 11.5 Å². The van der Waals surface area contributed by atoms with E-state index in [0.29, 0.717) is 18.2 Å². The minimum Gasteiger partial charge on any atom is -0.490 e. The molecule has 0 saturated heterocycles. The predicted octanol–water partition coefficient (Wildman–Crippen LogP) is 5.90. The van der Waals surface area contributed by atoms with Crippen molar-refractivity contribution in [3.8, 4) is 11.5 Å². The second kappa shape index (κ2) is 13.1. The van der Waals surface area contributed by atoms with Gasteiger partial charge in [-0.05, 0) is 74.9 Å². The van der Waals surface area contributed by atoms with Crippen molar-refractivity contribution in [2.45, 2.75) is 40.3 Å². The molecule has 0 saturated carbocycles. The SMILES string of the molecule is CCOc1cc(CNCCCN(CC)CC)c(Br)cc1OCc1cccc(Cl)c1. The predicted molar refractivity (Wildman–Crippen MR) is 125 cm³/mol. The van der Waals surface area contributed by atoms with Gasteiger partial charge in [0.25, 0.3) is 0 Å². The highest BCUT2D eigenvalue weighted by atomic mass is 79.9. The molecule has 0 aliphatic carbocycles. The molecule has 2 aromatic rings. The van der Waals surface area contributed by atoms with E-state index in [4.69, 9.17) is 21.1 Å². The van der Waals surface area contributed by atoms with E-state index in [-0.39, 0.29) is 0 Å². The van der Waals surface area contributed by atoms with Gasteiger partial charge in [-0.3, -0.25) is 0 Å². The molecule has 4 nitrogen and oxygen atoms in total. The smallest absolute Gasteiger partial charge is 0.162 e. The number of benzene rings is 2. The summed E-state index contributed by atoms with van der Waals surface area (Å²) in [5, 5.41) is 4.24. The molecule has 0 spiro atoms. The Morgan fingerprint density at radius 1 is 1.03 bits per heavy atom. The molecule has 0 amide bonds. The molecule has 0 atom stereocenters. The van der Waals surface area contributed by atoms with Crippen LogP contribution in [0.5, 0.6) is 11.5 Å². The van der Waals surface area contributed by atoms with Crippen molar-refractivity contribution in [3.63, 3.8) is 0 Å². The number of hydrogen-bond donors (Lipinski definition) is 1. The van der Waals surface area contributed by atoms with E-state index in [1.165, 1.54) is 0 Å². The van der Waals surface area contributed by atoms with Crippen LogP contribution in [0.1, 0.15) is 38.3 Å². The number of nitrogens with zero attached hydrogens (tertiary/aromatic N) is 1. The van der Waals surface area contributed by atoms with Crippen molar-refractivity contribution >= 4 is 27.5 Å². The maximum absolute atomic E-state index is 6.06. The zero-order valence-corrected chi connectivity index (χ0v) is 20.0. The Morgan fingerprint density at radius 2 is 1.79 bits per heavy atom. The van der Waals surface area contributed by atoms with E-state index in [0.717, 1.165) is 66.2 Å². The van der Waals surface area contributed by atoms with Crippen LogP contribution in [-0.2, 0) is 13.2 Å². The molecule has 0 aliphatic heterocycles. The monoisotopic (exact) mass is 482 g/mol. The molecule has 2 rings (SSSR count). The molecule has 0 heterocycles. The van der Waals surface area contributed by atoms with Crippen LogP contribution in [0, 0.1) is 0 Å². The fraction of sp³-hybridized carbons (Fsp3) is 0.478. The van der Waals surface area contributed by atoms with Crippen LogP contribution in [0.15, 0.2) is 40.9 Å². The fourth-order valence-electron chi connectivity index (χ4n) is 3.07. The van der Waals surface area contributed by atoms with Crippen LogP contribution < -0.4 is 14.8 Å². The van der Waals surface area contributed by atoms with Crippen molar-refractivity contribution in [1.29, 1.82) is 0 Å². The van der Waals surface area contributed by atoms with Gasteiger partial charge < -0.3 is 19.7 Å². The number of hydrogen-bond acceptors (Lipinski definition) is 4. The molecule has 0 bridgehead atoms. The molecule has 0 aromatic heterocycles. The van der Waals surface area contributed by atoms with Crippen molar-refractivity contribution in [2.24, 2.45) is 0 Å². The second-order valence-corrected chi connectivity index (χ2v) is 8.09. The van der Waals surface area contributed by atoms with E-state index < -0.39 is 0 Å². The summed E-state index contributed by atoms with van der Waals surface area (Å²) in [6.45, 7) is 12.5. The number of rotatable bonds is 13. The Labute approximate surface area is 188 Å². The summed E-state index contributed by atoms with van der Waals surface area (Å²) < 4.78 is 12.9. The highest BCUT2D eigenvalue weighted by molar-refractivity contribution is 9.10. The highest BCUT2D eigenvalue weighted by Crippen LogP contribution is 2.34. The van der Waals surface area contributed by atoms with Gasteiger partial charge in [0.1, 0.15) is 6.61 Å². The maximum atomic E-state index is 6.06. The van der Waals surface area contributed by atoms with Gasteiger partial charge >= 0.3 is 0 Å². The van der Waals surface area contributed by atoms with E-state index in [2.05, 4.69) is 46.1 Å². The summed E-state index contributed by atoms with van der Waals surface area (Å²) in [6, 6.07) is 11.7. The van der Waals surface area contributed by atoms with Gasteiger partial charge in [-0.2, -0.15) is 0 Å². The largest absolute Gasteiger partial charge is 0.490 e.